The van der Waals surface area contributed by atoms with Gasteiger partial charge in [0.2, 0.25) is 5.91 Å². The largest absolute Gasteiger partial charge is 0.395 e. The summed E-state index contributed by atoms with van der Waals surface area (Å²) in [5.41, 5.74) is 3.61. The highest BCUT2D eigenvalue weighted by atomic mass is 32.1. The molecule has 1 fully saturated rings. The summed E-state index contributed by atoms with van der Waals surface area (Å²) in [5, 5.41) is 3.08. The van der Waals surface area contributed by atoms with Gasteiger partial charge in [0, 0.05) is 36.0 Å². The number of hydrogen-bond acceptors (Lipinski definition) is 5. The molecule has 0 bridgehead atoms. The molecule has 6 nitrogen and oxygen atoms in total. The molecule has 1 aromatic carbocycles. The van der Waals surface area contributed by atoms with Crippen LogP contribution in [0.2, 0.25) is 0 Å². The maximum Gasteiger partial charge on any atom is 0.395 e. The van der Waals surface area contributed by atoms with Crippen molar-refractivity contribution in [1.82, 2.24) is 15.2 Å². The van der Waals surface area contributed by atoms with Gasteiger partial charge in [0.25, 0.3) is 5.91 Å². The van der Waals surface area contributed by atoms with Crippen LogP contribution in [-0.2, 0) is 11.2 Å². The van der Waals surface area contributed by atoms with E-state index in [9.17, 15) is 27.2 Å². The molecular weight excluding hydrogens is 472 g/mol. The number of carbonyl (C=O) groups is 2. The molecule has 34 heavy (non-hydrogen) atoms. The molecule has 0 radical (unpaired) electrons. The molecule has 2 aromatic rings. The number of primary amides is 1. The van der Waals surface area contributed by atoms with Crippen LogP contribution in [0, 0.1) is 18.2 Å². The summed E-state index contributed by atoms with van der Waals surface area (Å²) in [7, 11) is 3.57. The molecular formula is C23H28F4N4O2S. The Morgan fingerprint density at radius 1 is 1.29 bits per heavy atom. The van der Waals surface area contributed by atoms with Crippen LogP contribution in [0.3, 0.4) is 0 Å². The third-order valence-electron chi connectivity index (χ3n) is 6.38. The first kappa shape index (κ1) is 26.1. The molecule has 0 spiro atoms. The van der Waals surface area contributed by atoms with Crippen LogP contribution in [-0.4, -0.2) is 54.6 Å². The van der Waals surface area contributed by atoms with E-state index in [4.69, 9.17) is 5.73 Å². The second kappa shape index (κ2) is 9.99. The van der Waals surface area contributed by atoms with E-state index < -0.39 is 35.1 Å². The van der Waals surface area contributed by atoms with Gasteiger partial charge in [0.1, 0.15) is 5.82 Å². The van der Waals surface area contributed by atoms with E-state index in [1.807, 2.05) is 4.90 Å². The number of nitrogens with zero attached hydrogens (tertiary/aromatic N) is 2. The molecule has 2 unspecified atom stereocenters. The minimum atomic E-state index is -4.41. The van der Waals surface area contributed by atoms with Crippen LogP contribution in [0.15, 0.2) is 24.4 Å². The number of carbonyl (C=O) groups excluding carboxylic acids is 2. The second-order valence-corrected chi connectivity index (χ2v) is 10.3. The van der Waals surface area contributed by atoms with Gasteiger partial charge in [-0.15, -0.1) is 11.3 Å². The molecule has 3 rings (SSSR count). The van der Waals surface area contributed by atoms with E-state index in [-0.39, 0.29) is 37.4 Å². The van der Waals surface area contributed by atoms with Crippen LogP contribution in [0.25, 0.3) is 0 Å². The molecule has 11 heteroatoms. The van der Waals surface area contributed by atoms with Gasteiger partial charge in [0.15, 0.2) is 0 Å². The van der Waals surface area contributed by atoms with E-state index >= 15 is 0 Å². The highest BCUT2D eigenvalue weighted by Gasteiger charge is 2.68. The maximum atomic E-state index is 14.1. The molecule has 2 amide bonds. The van der Waals surface area contributed by atoms with Crippen molar-refractivity contribution in [3.63, 3.8) is 0 Å². The number of aryl methyl sites for hydroxylation is 1. The number of nitrogens with one attached hydrogen (secondary N) is 1. The molecule has 2 atom stereocenters. The van der Waals surface area contributed by atoms with Gasteiger partial charge >= 0.3 is 6.18 Å². The molecule has 1 aliphatic rings. The molecule has 0 aliphatic heterocycles. The van der Waals surface area contributed by atoms with Crippen molar-refractivity contribution < 1.29 is 27.2 Å². The smallest absolute Gasteiger partial charge is 0.366 e. The highest BCUT2D eigenvalue weighted by Crippen LogP contribution is 2.66. The highest BCUT2D eigenvalue weighted by molar-refractivity contribution is 7.11. The Kier molecular flexibility index (Phi) is 7.66. The van der Waals surface area contributed by atoms with Gasteiger partial charge in [-0.25, -0.2) is 9.37 Å². The third-order valence-corrected chi connectivity index (χ3v) is 7.41. The lowest BCUT2D eigenvalue weighted by atomic mass is 9.85. The number of benzene rings is 1. The number of hydrogen-bond donors (Lipinski definition) is 2. The van der Waals surface area contributed by atoms with E-state index in [2.05, 4.69) is 10.3 Å². The molecule has 1 saturated carbocycles. The average molecular weight is 501 g/mol. The van der Waals surface area contributed by atoms with Crippen LogP contribution in [0.1, 0.15) is 51.0 Å². The van der Waals surface area contributed by atoms with Crippen molar-refractivity contribution in [2.45, 2.75) is 50.7 Å². The number of thiazole rings is 1. The number of nitrogens with two attached hydrogens (primary N) is 1. The van der Waals surface area contributed by atoms with Crippen molar-refractivity contribution in [3.8, 4) is 0 Å². The average Bonchev–Trinajstić information content (AvgIpc) is 3.44. The summed E-state index contributed by atoms with van der Waals surface area (Å²) in [5.74, 6) is -3.11. The monoisotopic (exact) mass is 500 g/mol. The lowest BCUT2D eigenvalue weighted by molar-refractivity contribution is -0.194. The molecule has 0 saturated heterocycles. The van der Waals surface area contributed by atoms with Gasteiger partial charge in [-0.1, -0.05) is 6.07 Å². The standard InChI is InChI=1S/C23H28F4N4O2S/c1-13-11-30-21(34-13)17(22(6-7-22)23(25,26)27)10-19(32)29-12-15(31(2)3)8-14-4-5-16(20(28)33)18(24)9-14/h4-5,9,11,15,17H,6-8,10,12H2,1-3H3,(H2,28,33)(H,29,32). The van der Waals surface area contributed by atoms with Crippen molar-refractivity contribution >= 4 is 23.2 Å². The van der Waals surface area contributed by atoms with Gasteiger partial charge < -0.3 is 16.0 Å². The van der Waals surface area contributed by atoms with Gasteiger partial charge in [0.05, 0.1) is 16.0 Å². The van der Waals surface area contributed by atoms with Crippen LogP contribution >= 0.6 is 11.3 Å². The summed E-state index contributed by atoms with van der Waals surface area (Å²) in [6.45, 7) is 1.93. The Morgan fingerprint density at radius 3 is 2.44 bits per heavy atom. The topological polar surface area (TPSA) is 88.3 Å². The van der Waals surface area contributed by atoms with Gasteiger partial charge in [-0.2, -0.15) is 13.2 Å². The van der Waals surface area contributed by atoms with Gasteiger partial charge in [-0.05, 0) is 58.0 Å². The van der Waals surface area contributed by atoms with Crippen LogP contribution < -0.4 is 11.1 Å². The Hall–Kier alpha value is -2.53. The molecule has 1 heterocycles. The quantitative estimate of drug-likeness (QED) is 0.486. The molecule has 3 N–H and O–H groups in total. The van der Waals surface area contributed by atoms with E-state index in [1.54, 1.807) is 27.1 Å². The zero-order chi connectivity index (χ0) is 25.3. The summed E-state index contributed by atoms with van der Waals surface area (Å²) in [6.07, 6.45) is -2.87. The summed E-state index contributed by atoms with van der Waals surface area (Å²) >= 11 is 1.19. The Morgan fingerprint density at radius 2 is 1.97 bits per heavy atom. The normalized spacial score (nSPS) is 16.8. The fraction of sp³-hybridized carbons (Fsp3) is 0.522. The van der Waals surface area contributed by atoms with E-state index in [1.165, 1.54) is 29.7 Å². The molecule has 1 aliphatic carbocycles. The fourth-order valence-electron chi connectivity index (χ4n) is 4.10. The van der Waals surface area contributed by atoms with Gasteiger partial charge in [-0.3, -0.25) is 9.59 Å². The van der Waals surface area contributed by atoms with Crippen LogP contribution in [0.5, 0.6) is 0 Å². The number of likely N-dealkylation sites (N-methyl/N-ethyl adjacent to an activating group) is 1. The minimum absolute atomic E-state index is 0.0136. The van der Waals surface area contributed by atoms with E-state index in [0.717, 1.165) is 4.88 Å². The number of rotatable bonds is 10. The summed E-state index contributed by atoms with van der Waals surface area (Å²) in [4.78, 5) is 30.8. The number of alkyl halides is 3. The first-order valence-electron chi connectivity index (χ1n) is 10.8. The Labute approximate surface area is 199 Å². The summed E-state index contributed by atoms with van der Waals surface area (Å²) in [6, 6.07) is 3.87. The van der Waals surface area contributed by atoms with Crippen molar-refractivity contribution in [2.24, 2.45) is 11.1 Å². The van der Waals surface area contributed by atoms with E-state index in [0.29, 0.717) is 17.0 Å². The van der Waals surface area contributed by atoms with Crippen molar-refractivity contribution in [1.29, 1.82) is 0 Å². The fourth-order valence-corrected chi connectivity index (χ4v) is 5.09. The predicted octanol–water partition coefficient (Wildman–Crippen LogP) is 3.79. The third kappa shape index (κ3) is 5.75. The SMILES string of the molecule is Cc1cnc(C(CC(=O)NCC(Cc2ccc(C(N)=O)c(F)c2)N(C)C)C2(C(F)(F)F)CC2)s1. The Balaban J connectivity index is 1.68. The van der Waals surface area contributed by atoms with Crippen molar-refractivity contribution in [3.05, 3.63) is 51.2 Å². The van der Waals surface area contributed by atoms with Crippen molar-refractivity contribution in [2.75, 3.05) is 20.6 Å². The minimum Gasteiger partial charge on any atom is -0.366 e. The van der Waals surface area contributed by atoms with Crippen LogP contribution in [0.4, 0.5) is 17.6 Å². The first-order chi connectivity index (χ1) is 15.8. The second-order valence-electron chi connectivity index (χ2n) is 9.02. The lowest BCUT2D eigenvalue weighted by Gasteiger charge is -2.28. The predicted molar refractivity (Wildman–Crippen MR) is 121 cm³/mol. The summed E-state index contributed by atoms with van der Waals surface area (Å²) < 4.78 is 55.6. The number of aromatic nitrogens is 1. The zero-order valence-electron chi connectivity index (χ0n) is 19.2. The first-order valence-corrected chi connectivity index (χ1v) is 11.7. The molecule has 186 valence electrons. The lowest BCUT2D eigenvalue weighted by Crippen LogP contribution is -2.42. The Bertz CT molecular complexity index is 1050. The zero-order valence-corrected chi connectivity index (χ0v) is 20.0. The molecule has 1 aromatic heterocycles. The number of amides is 2. The maximum absolute atomic E-state index is 14.1. The number of halogens is 4.